The number of carbonyl (C=O) groups excluding carboxylic acids is 2. The van der Waals surface area contributed by atoms with E-state index in [1.165, 1.54) is 18.9 Å². The Labute approximate surface area is 167 Å². The van der Waals surface area contributed by atoms with Gasteiger partial charge >= 0.3 is 0 Å². The van der Waals surface area contributed by atoms with Crippen LogP contribution in [0.2, 0.25) is 0 Å². The van der Waals surface area contributed by atoms with Gasteiger partial charge in [0.25, 0.3) is 0 Å². The maximum atomic E-state index is 14.0. The number of nitrogens with one attached hydrogen (secondary N) is 1. The molecule has 1 heterocycles. The molecule has 0 aromatic heterocycles. The zero-order valence-corrected chi connectivity index (χ0v) is 17.0. The van der Waals surface area contributed by atoms with E-state index in [9.17, 15) is 14.0 Å². The van der Waals surface area contributed by atoms with Gasteiger partial charge in [-0.3, -0.25) is 9.59 Å². The molecule has 1 aromatic carbocycles. The van der Waals surface area contributed by atoms with Crippen molar-refractivity contribution in [1.29, 1.82) is 0 Å². The lowest BCUT2D eigenvalue weighted by molar-refractivity contribution is -0.149. The fourth-order valence-electron chi connectivity index (χ4n) is 4.14. The van der Waals surface area contributed by atoms with Crippen molar-refractivity contribution in [3.8, 4) is 0 Å². The van der Waals surface area contributed by atoms with E-state index in [0.29, 0.717) is 31.9 Å². The van der Waals surface area contributed by atoms with Gasteiger partial charge in [-0.1, -0.05) is 37.8 Å². The van der Waals surface area contributed by atoms with E-state index in [1.54, 1.807) is 30.9 Å². The molecule has 28 heavy (non-hydrogen) atoms. The molecule has 1 saturated heterocycles. The Balaban J connectivity index is 1.57. The Morgan fingerprint density at radius 2 is 1.61 bits per heavy atom. The molecule has 154 valence electrons. The molecule has 3 rings (SSSR count). The van der Waals surface area contributed by atoms with Crippen LogP contribution in [-0.4, -0.2) is 48.9 Å². The van der Waals surface area contributed by atoms with Crippen molar-refractivity contribution in [2.24, 2.45) is 5.41 Å². The number of hydrogen-bond donors (Lipinski definition) is 1. The Morgan fingerprint density at radius 3 is 2.21 bits per heavy atom. The predicted octanol–water partition coefficient (Wildman–Crippen LogP) is 3.34. The average Bonchev–Trinajstić information content (AvgIpc) is 2.96. The maximum absolute atomic E-state index is 14.0. The number of hydrogen-bond acceptors (Lipinski definition) is 3. The number of halogens is 1. The Bertz CT molecular complexity index is 691. The third-order valence-corrected chi connectivity index (χ3v) is 6.05. The summed E-state index contributed by atoms with van der Waals surface area (Å²) in [5, 5.41) is 3.11. The first kappa shape index (κ1) is 20.6. The normalized spacial score (nSPS) is 19.2. The highest BCUT2D eigenvalue weighted by Crippen LogP contribution is 2.25. The number of piperazine rings is 1. The van der Waals surface area contributed by atoms with E-state index in [-0.39, 0.29) is 23.7 Å². The molecule has 2 aliphatic rings. The molecule has 0 radical (unpaired) electrons. The second-order valence-electron chi connectivity index (χ2n) is 8.52. The molecule has 1 aliphatic heterocycles. The van der Waals surface area contributed by atoms with Crippen molar-refractivity contribution in [2.75, 3.05) is 31.1 Å². The van der Waals surface area contributed by atoms with Crippen LogP contribution in [0.15, 0.2) is 24.3 Å². The topological polar surface area (TPSA) is 52.7 Å². The van der Waals surface area contributed by atoms with E-state index in [4.69, 9.17) is 0 Å². The summed E-state index contributed by atoms with van der Waals surface area (Å²) in [6.07, 6.45) is 6.71. The molecular weight excluding hydrogens is 357 g/mol. The Hall–Kier alpha value is -2.11. The molecule has 2 fully saturated rings. The first-order chi connectivity index (χ1) is 13.4. The van der Waals surface area contributed by atoms with Gasteiger partial charge in [-0.05, 0) is 38.8 Å². The van der Waals surface area contributed by atoms with Gasteiger partial charge in [-0.15, -0.1) is 0 Å². The molecule has 0 spiro atoms. The lowest BCUT2D eigenvalue weighted by atomic mass is 9.89. The summed E-state index contributed by atoms with van der Waals surface area (Å²) in [6, 6.07) is 6.88. The quantitative estimate of drug-likeness (QED) is 0.635. The van der Waals surface area contributed by atoms with Gasteiger partial charge in [0.15, 0.2) is 0 Å². The van der Waals surface area contributed by atoms with Crippen LogP contribution in [0.1, 0.15) is 52.4 Å². The molecule has 5 nitrogen and oxygen atoms in total. The van der Waals surface area contributed by atoms with Crippen molar-refractivity contribution in [1.82, 2.24) is 10.2 Å². The fourth-order valence-corrected chi connectivity index (χ4v) is 4.14. The van der Waals surface area contributed by atoms with Gasteiger partial charge in [0.05, 0.1) is 5.69 Å². The van der Waals surface area contributed by atoms with Crippen molar-refractivity contribution in [3.63, 3.8) is 0 Å². The van der Waals surface area contributed by atoms with Crippen molar-refractivity contribution >= 4 is 17.5 Å². The third kappa shape index (κ3) is 4.65. The largest absolute Gasteiger partial charge is 0.366 e. The summed E-state index contributed by atoms with van der Waals surface area (Å²) in [4.78, 5) is 29.6. The highest BCUT2D eigenvalue weighted by atomic mass is 19.1. The van der Waals surface area contributed by atoms with E-state index >= 15 is 0 Å². The van der Waals surface area contributed by atoms with Crippen LogP contribution in [0.25, 0.3) is 0 Å². The second-order valence-corrected chi connectivity index (χ2v) is 8.52. The monoisotopic (exact) mass is 389 g/mol. The van der Waals surface area contributed by atoms with Crippen LogP contribution in [0.5, 0.6) is 0 Å². The number of amides is 2. The summed E-state index contributed by atoms with van der Waals surface area (Å²) in [7, 11) is 0. The minimum Gasteiger partial charge on any atom is -0.366 e. The summed E-state index contributed by atoms with van der Waals surface area (Å²) < 4.78 is 14.0. The molecule has 1 N–H and O–H groups in total. The summed E-state index contributed by atoms with van der Waals surface area (Å²) in [5.41, 5.74) is -0.521. The molecule has 1 saturated carbocycles. The number of carbonyl (C=O) groups is 2. The molecule has 1 aliphatic carbocycles. The van der Waals surface area contributed by atoms with Crippen molar-refractivity contribution < 1.29 is 14.0 Å². The zero-order chi connectivity index (χ0) is 20.1. The molecule has 6 heteroatoms. The Kier molecular flexibility index (Phi) is 6.57. The van der Waals surface area contributed by atoms with Gasteiger partial charge in [0.1, 0.15) is 11.2 Å². The highest BCUT2D eigenvalue weighted by Gasteiger charge is 2.40. The van der Waals surface area contributed by atoms with Crippen LogP contribution < -0.4 is 10.2 Å². The number of nitrogens with zero attached hydrogens (tertiary/aromatic N) is 2. The van der Waals surface area contributed by atoms with Crippen LogP contribution in [-0.2, 0) is 9.59 Å². The summed E-state index contributed by atoms with van der Waals surface area (Å²) in [5.74, 6) is -0.571. The van der Waals surface area contributed by atoms with Crippen molar-refractivity contribution in [2.45, 2.75) is 58.4 Å². The minimum absolute atomic E-state index is 0.146. The Morgan fingerprint density at radius 1 is 1.00 bits per heavy atom. The molecular formula is C22H32FN3O2. The van der Waals surface area contributed by atoms with Gasteiger partial charge in [0, 0.05) is 32.2 Å². The second kappa shape index (κ2) is 8.93. The zero-order valence-electron chi connectivity index (χ0n) is 17.0. The third-order valence-electron chi connectivity index (χ3n) is 6.05. The number of benzene rings is 1. The first-order valence-electron chi connectivity index (χ1n) is 10.5. The van der Waals surface area contributed by atoms with E-state index in [1.807, 2.05) is 11.0 Å². The minimum atomic E-state index is -1.09. The molecule has 2 amide bonds. The highest BCUT2D eigenvalue weighted by molar-refractivity contribution is 6.04. The van der Waals surface area contributed by atoms with Crippen LogP contribution in [0.4, 0.5) is 10.1 Å². The number of para-hydroxylation sites is 1. The van der Waals surface area contributed by atoms with E-state index in [2.05, 4.69) is 5.32 Å². The fraction of sp³-hybridized carbons (Fsp3) is 0.636. The lowest BCUT2D eigenvalue weighted by Gasteiger charge is -2.39. The van der Waals surface area contributed by atoms with Gasteiger partial charge in [0.2, 0.25) is 11.8 Å². The number of rotatable bonds is 4. The molecule has 0 bridgehead atoms. The average molecular weight is 390 g/mol. The maximum Gasteiger partial charge on any atom is 0.237 e. The van der Waals surface area contributed by atoms with E-state index in [0.717, 1.165) is 25.7 Å². The SMILES string of the molecule is CC(C)(C(=O)NC1CCCCCC1)C(=O)N1CCN(c2ccccc2F)CC1. The predicted molar refractivity (Wildman–Crippen MR) is 109 cm³/mol. The van der Waals surface area contributed by atoms with E-state index < -0.39 is 5.41 Å². The van der Waals surface area contributed by atoms with Crippen LogP contribution in [0, 0.1) is 11.2 Å². The van der Waals surface area contributed by atoms with Crippen LogP contribution in [0.3, 0.4) is 0 Å². The smallest absolute Gasteiger partial charge is 0.237 e. The first-order valence-corrected chi connectivity index (χ1v) is 10.5. The van der Waals surface area contributed by atoms with Crippen LogP contribution >= 0.6 is 0 Å². The lowest BCUT2D eigenvalue weighted by Crippen LogP contribution is -2.56. The summed E-state index contributed by atoms with van der Waals surface area (Å²) in [6.45, 7) is 5.54. The molecule has 1 aromatic rings. The van der Waals surface area contributed by atoms with Gasteiger partial charge in [-0.25, -0.2) is 4.39 Å². The van der Waals surface area contributed by atoms with Gasteiger partial charge in [-0.2, -0.15) is 0 Å². The summed E-state index contributed by atoms with van der Waals surface area (Å²) >= 11 is 0. The van der Waals surface area contributed by atoms with Gasteiger partial charge < -0.3 is 15.1 Å². The molecule has 0 atom stereocenters. The number of anilines is 1. The standard InChI is InChI=1S/C22H32FN3O2/c1-22(2,20(27)24-17-9-5-3-4-6-10-17)21(28)26-15-13-25(14-16-26)19-12-8-7-11-18(19)23/h7-8,11-12,17H,3-6,9-10,13-16H2,1-2H3,(H,24,27). The molecule has 0 unspecified atom stereocenters. The van der Waals surface area contributed by atoms with Crippen molar-refractivity contribution in [3.05, 3.63) is 30.1 Å².